The summed E-state index contributed by atoms with van der Waals surface area (Å²) in [5.74, 6) is -0.905. The largest absolute Gasteiger partial charge is 0.478 e. The van der Waals surface area contributed by atoms with Crippen molar-refractivity contribution in [2.45, 2.75) is 26.0 Å². The lowest BCUT2D eigenvalue weighted by Gasteiger charge is -2.39. The van der Waals surface area contributed by atoms with Crippen molar-refractivity contribution in [3.05, 3.63) is 0 Å². The van der Waals surface area contributed by atoms with E-state index in [2.05, 4.69) is 5.32 Å². The third-order valence-corrected chi connectivity index (χ3v) is 2.70. The average molecular weight is 216 g/mol. The van der Waals surface area contributed by atoms with Crippen LogP contribution in [0.5, 0.6) is 0 Å². The molecule has 0 aromatic carbocycles. The molecule has 1 saturated heterocycles. The van der Waals surface area contributed by atoms with Crippen molar-refractivity contribution in [1.29, 1.82) is 0 Å². The van der Waals surface area contributed by atoms with E-state index in [9.17, 15) is 9.90 Å². The van der Waals surface area contributed by atoms with E-state index in [1.165, 1.54) is 0 Å². The molecule has 1 aliphatic heterocycles. The molecule has 0 amide bonds. The highest BCUT2D eigenvalue weighted by Gasteiger charge is 2.40. The first-order valence-corrected chi connectivity index (χ1v) is 5.44. The van der Waals surface area contributed by atoms with Gasteiger partial charge in [-0.05, 0) is 13.3 Å². The molecule has 1 heterocycles. The van der Waals surface area contributed by atoms with Gasteiger partial charge in [-0.15, -0.1) is 0 Å². The lowest BCUT2D eigenvalue weighted by atomic mass is 10.2. The average Bonchev–Trinajstić information content (AvgIpc) is 2.27. The normalized spacial score (nSPS) is 22.3. The summed E-state index contributed by atoms with van der Waals surface area (Å²) in [7, 11) is 0. The highest BCUT2D eigenvalue weighted by Crippen LogP contribution is 2.18. The summed E-state index contributed by atoms with van der Waals surface area (Å²) < 4.78 is 5.48. The van der Waals surface area contributed by atoms with Gasteiger partial charge >= 0.3 is 5.97 Å². The van der Waals surface area contributed by atoms with Gasteiger partial charge in [0.25, 0.3) is 0 Å². The number of carboxylic acids is 1. The Morgan fingerprint density at radius 1 is 1.53 bits per heavy atom. The zero-order chi connectivity index (χ0) is 11.3. The summed E-state index contributed by atoms with van der Waals surface area (Å²) in [5.41, 5.74) is -1.17. The quantitative estimate of drug-likeness (QED) is 0.683. The van der Waals surface area contributed by atoms with Gasteiger partial charge in [0.05, 0.1) is 0 Å². The van der Waals surface area contributed by atoms with Gasteiger partial charge in [0.15, 0.2) is 0 Å². The number of rotatable bonds is 5. The van der Waals surface area contributed by atoms with Crippen LogP contribution in [-0.4, -0.2) is 54.5 Å². The van der Waals surface area contributed by atoms with Crippen molar-refractivity contribution in [3.8, 4) is 0 Å². The van der Waals surface area contributed by atoms with Crippen LogP contribution in [0.3, 0.4) is 0 Å². The molecule has 0 aromatic heterocycles. The topological polar surface area (TPSA) is 61.8 Å². The Bertz CT molecular complexity index is 217. The van der Waals surface area contributed by atoms with E-state index in [0.717, 1.165) is 19.5 Å². The maximum Gasteiger partial charge on any atom is 0.351 e. The summed E-state index contributed by atoms with van der Waals surface area (Å²) in [6, 6.07) is 0. The van der Waals surface area contributed by atoms with Crippen molar-refractivity contribution in [2.75, 3.05) is 32.8 Å². The Morgan fingerprint density at radius 2 is 2.13 bits per heavy atom. The van der Waals surface area contributed by atoms with E-state index in [0.29, 0.717) is 19.7 Å². The number of ether oxygens (including phenoxy) is 1. The molecule has 2 N–H and O–H groups in total. The van der Waals surface area contributed by atoms with Crippen LogP contribution in [0.4, 0.5) is 0 Å². The molecule has 5 heteroatoms. The van der Waals surface area contributed by atoms with Crippen LogP contribution in [0.1, 0.15) is 20.3 Å². The summed E-state index contributed by atoms with van der Waals surface area (Å²) >= 11 is 0. The van der Waals surface area contributed by atoms with Gasteiger partial charge in [-0.3, -0.25) is 4.90 Å². The SMILES string of the molecule is CCCOC(C)(C(=O)O)N1CCNCC1. The molecule has 1 unspecified atom stereocenters. The van der Waals surface area contributed by atoms with Gasteiger partial charge in [-0.1, -0.05) is 6.92 Å². The molecule has 1 atom stereocenters. The van der Waals surface area contributed by atoms with Crippen LogP contribution in [0.2, 0.25) is 0 Å². The summed E-state index contributed by atoms with van der Waals surface area (Å²) in [6.45, 7) is 7.15. The standard InChI is InChI=1S/C10H20N2O3/c1-3-8-15-10(2,9(13)14)12-6-4-11-5-7-12/h11H,3-8H2,1-2H3,(H,13,14). The number of nitrogens with zero attached hydrogens (tertiary/aromatic N) is 1. The minimum atomic E-state index is -1.17. The number of hydrogen-bond donors (Lipinski definition) is 2. The van der Waals surface area contributed by atoms with Crippen LogP contribution in [-0.2, 0) is 9.53 Å². The first kappa shape index (κ1) is 12.4. The van der Waals surface area contributed by atoms with Gasteiger partial charge < -0.3 is 15.2 Å². The Hall–Kier alpha value is -0.650. The van der Waals surface area contributed by atoms with Crippen molar-refractivity contribution in [1.82, 2.24) is 10.2 Å². The third-order valence-electron chi connectivity index (χ3n) is 2.70. The van der Waals surface area contributed by atoms with Crippen molar-refractivity contribution in [2.24, 2.45) is 0 Å². The molecular formula is C10H20N2O3. The molecule has 0 aliphatic carbocycles. The second-order valence-electron chi connectivity index (χ2n) is 3.87. The molecule has 0 spiro atoms. The lowest BCUT2D eigenvalue weighted by molar-refractivity contribution is -0.194. The second kappa shape index (κ2) is 5.44. The van der Waals surface area contributed by atoms with Crippen LogP contribution in [0.25, 0.3) is 0 Å². The molecule has 0 saturated carbocycles. The summed E-state index contributed by atoms with van der Waals surface area (Å²) in [4.78, 5) is 13.1. The highest BCUT2D eigenvalue weighted by atomic mass is 16.5. The minimum Gasteiger partial charge on any atom is -0.478 e. The van der Waals surface area contributed by atoms with Crippen LogP contribution < -0.4 is 5.32 Å². The molecule has 88 valence electrons. The Kier molecular flexibility index (Phi) is 4.50. The van der Waals surface area contributed by atoms with Crippen LogP contribution in [0, 0.1) is 0 Å². The summed E-state index contributed by atoms with van der Waals surface area (Å²) in [5, 5.41) is 12.4. The predicted molar refractivity (Wildman–Crippen MR) is 56.7 cm³/mol. The van der Waals surface area contributed by atoms with E-state index in [1.54, 1.807) is 6.92 Å². The fraction of sp³-hybridized carbons (Fsp3) is 0.900. The molecule has 5 nitrogen and oxygen atoms in total. The molecular weight excluding hydrogens is 196 g/mol. The Labute approximate surface area is 90.4 Å². The van der Waals surface area contributed by atoms with Crippen molar-refractivity contribution < 1.29 is 14.6 Å². The van der Waals surface area contributed by atoms with Gasteiger partial charge in [0.2, 0.25) is 5.72 Å². The maximum atomic E-state index is 11.2. The second-order valence-corrected chi connectivity index (χ2v) is 3.87. The Morgan fingerprint density at radius 3 is 2.60 bits per heavy atom. The fourth-order valence-corrected chi connectivity index (χ4v) is 1.68. The molecule has 1 rings (SSSR count). The molecule has 0 radical (unpaired) electrons. The third kappa shape index (κ3) is 2.90. The summed E-state index contributed by atoms with van der Waals surface area (Å²) in [6.07, 6.45) is 0.828. The van der Waals surface area contributed by atoms with Gasteiger partial charge in [0, 0.05) is 32.8 Å². The van der Waals surface area contributed by atoms with E-state index in [1.807, 2.05) is 11.8 Å². The number of piperazine rings is 1. The van der Waals surface area contributed by atoms with Crippen molar-refractivity contribution in [3.63, 3.8) is 0 Å². The first-order valence-electron chi connectivity index (χ1n) is 5.44. The zero-order valence-corrected chi connectivity index (χ0v) is 9.45. The fourth-order valence-electron chi connectivity index (χ4n) is 1.68. The Balaban J connectivity index is 2.65. The van der Waals surface area contributed by atoms with Gasteiger partial charge in [-0.25, -0.2) is 4.79 Å². The van der Waals surface area contributed by atoms with E-state index >= 15 is 0 Å². The molecule has 1 fully saturated rings. The van der Waals surface area contributed by atoms with E-state index < -0.39 is 11.7 Å². The van der Waals surface area contributed by atoms with E-state index in [4.69, 9.17) is 4.74 Å². The smallest absolute Gasteiger partial charge is 0.351 e. The van der Waals surface area contributed by atoms with Gasteiger partial charge in [0.1, 0.15) is 0 Å². The van der Waals surface area contributed by atoms with E-state index in [-0.39, 0.29) is 0 Å². The minimum absolute atomic E-state index is 0.479. The molecule has 1 aliphatic rings. The predicted octanol–water partition coefficient (Wildman–Crippen LogP) is 0.119. The zero-order valence-electron chi connectivity index (χ0n) is 9.45. The number of hydrogen-bond acceptors (Lipinski definition) is 4. The van der Waals surface area contributed by atoms with Crippen LogP contribution >= 0.6 is 0 Å². The molecule has 0 aromatic rings. The number of carboxylic acid groups (broad SMARTS) is 1. The maximum absolute atomic E-state index is 11.2. The van der Waals surface area contributed by atoms with Crippen molar-refractivity contribution >= 4 is 5.97 Å². The van der Waals surface area contributed by atoms with Gasteiger partial charge in [-0.2, -0.15) is 0 Å². The lowest BCUT2D eigenvalue weighted by Crippen LogP contribution is -2.60. The number of carbonyl (C=O) groups is 1. The first-order chi connectivity index (χ1) is 7.11. The molecule has 0 bridgehead atoms. The highest BCUT2D eigenvalue weighted by molar-refractivity contribution is 5.76. The number of nitrogens with one attached hydrogen (secondary N) is 1. The van der Waals surface area contributed by atoms with Crippen LogP contribution in [0.15, 0.2) is 0 Å². The monoisotopic (exact) mass is 216 g/mol. The number of aliphatic carboxylic acids is 1. The molecule has 15 heavy (non-hydrogen) atoms.